The van der Waals surface area contributed by atoms with Crippen molar-refractivity contribution in [1.82, 2.24) is 0 Å². The number of nitro groups is 1. The monoisotopic (exact) mass is 410 g/mol. The number of ether oxygens (including phenoxy) is 2. The summed E-state index contributed by atoms with van der Waals surface area (Å²) in [4.78, 5) is 33.5. The first-order chi connectivity index (χ1) is 13.6. The van der Waals surface area contributed by atoms with Gasteiger partial charge in [-0.2, -0.15) is 0 Å². The SMILES string of the molecule is O=C(COC(=O)/C=C/c1cccc([N+](=O)[O-])c1)Nc1ccc(OC(F)(F)F)cc1. The van der Waals surface area contributed by atoms with Crippen LogP contribution in [0.15, 0.2) is 54.6 Å². The fraction of sp³-hybridized carbons (Fsp3) is 0.111. The van der Waals surface area contributed by atoms with Crippen LogP contribution in [0.3, 0.4) is 0 Å². The van der Waals surface area contributed by atoms with Gasteiger partial charge in [-0.05, 0) is 35.9 Å². The smallest absolute Gasteiger partial charge is 0.452 e. The first-order valence-electron chi connectivity index (χ1n) is 7.87. The third-order valence-corrected chi connectivity index (χ3v) is 3.21. The number of carbonyl (C=O) groups excluding carboxylic acids is 2. The van der Waals surface area contributed by atoms with Gasteiger partial charge < -0.3 is 14.8 Å². The van der Waals surface area contributed by atoms with E-state index in [4.69, 9.17) is 4.74 Å². The predicted octanol–water partition coefficient (Wildman–Crippen LogP) is 3.69. The van der Waals surface area contributed by atoms with Gasteiger partial charge in [0.15, 0.2) is 6.61 Å². The van der Waals surface area contributed by atoms with E-state index in [0.29, 0.717) is 5.56 Å². The van der Waals surface area contributed by atoms with E-state index in [1.54, 1.807) is 0 Å². The third-order valence-electron chi connectivity index (χ3n) is 3.21. The Morgan fingerprint density at radius 3 is 2.45 bits per heavy atom. The average Bonchev–Trinajstić information content (AvgIpc) is 2.65. The van der Waals surface area contributed by atoms with E-state index >= 15 is 0 Å². The molecule has 2 aromatic rings. The number of non-ortho nitro benzene ring substituents is 1. The number of anilines is 1. The average molecular weight is 410 g/mol. The number of hydrogen-bond acceptors (Lipinski definition) is 6. The second-order valence-electron chi connectivity index (χ2n) is 5.41. The molecule has 0 spiro atoms. The number of esters is 1. The molecule has 0 aliphatic rings. The van der Waals surface area contributed by atoms with E-state index in [2.05, 4.69) is 10.1 Å². The van der Waals surface area contributed by atoms with Crippen LogP contribution in [-0.2, 0) is 14.3 Å². The van der Waals surface area contributed by atoms with Crippen LogP contribution in [0.1, 0.15) is 5.56 Å². The van der Waals surface area contributed by atoms with Gasteiger partial charge in [-0.15, -0.1) is 13.2 Å². The summed E-state index contributed by atoms with van der Waals surface area (Å²) in [6, 6.07) is 9.92. The van der Waals surface area contributed by atoms with Crippen molar-refractivity contribution in [2.75, 3.05) is 11.9 Å². The minimum Gasteiger partial charge on any atom is -0.452 e. The molecule has 0 aromatic heterocycles. The second-order valence-corrected chi connectivity index (χ2v) is 5.41. The molecule has 2 aromatic carbocycles. The van der Waals surface area contributed by atoms with Crippen LogP contribution < -0.4 is 10.1 Å². The van der Waals surface area contributed by atoms with Crippen LogP contribution in [0.2, 0.25) is 0 Å². The molecule has 0 aliphatic heterocycles. The van der Waals surface area contributed by atoms with Crippen LogP contribution >= 0.6 is 0 Å². The quantitative estimate of drug-likeness (QED) is 0.323. The second kappa shape index (κ2) is 9.35. The molecular formula is C18H13F3N2O6. The molecule has 0 saturated carbocycles. The lowest BCUT2D eigenvalue weighted by Crippen LogP contribution is -2.20. The molecule has 1 N–H and O–H groups in total. The van der Waals surface area contributed by atoms with E-state index in [9.17, 15) is 32.9 Å². The number of nitro benzene ring substituents is 1. The number of benzene rings is 2. The number of hydrogen-bond donors (Lipinski definition) is 1. The Bertz CT molecular complexity index is 926. The van der Waals surface area contributed by atoms with Gasteiger partial charge in [0, 0.05) is 23.9 Å². The van der Waals surface area contributed by atoms with Gasteiger partial charge in [0.2, 0.25) is 0 Å². The topological polar surface area (TPSA) is 108 Å². The summed E-state index contributed by atoms with van der Waals surface area (Å²) in [5, 5.41) is 13.0. The van der Waals surface area contributed by atoms with Gasteiger partial charge in [-0.25, -0.2) is 4.79 Å². The zero-order valence-electron chi connectivity index (χ0n) is 14.5. The standard InChI is InChI=1S/C18H13F3N2O6/c19-18(20,21)29-15-7-5-13(6-8-15)22-16(24)11-28-17(25)9-4-12-2-1-3-14(10-12)23(26)27/h1-10H,11H2,(H,22,24)/b9-4+. The molecule has 0 saturated heterocycles. The zero-order chi connectivity index (χ0) is 21.4. The molecular weight excluding hydrogens is 397 g/mol. The molecule has 0 aliphatic carbocycles. The molecule has 11 heteroatoms. The first-order valence-corrected chi connectivity index (χ1v) is 7.87. The van der Waals surface area contributed by atoms with E-state index in [0.717, 1.165) is 18.2 Å². The molecule has 0 fully saturated rings. The lowest BCUT2D eigenvalue weighted by molar-refractivity contribution is -0.384. The number of halogens is 3. The van der Waals surface area contributed by atoms with E-state index < -0.39 is 35.5 Å². The van der Waals surface area contributed by atoms with Gasteiger partial charge >= 0.3 is 12.3 Å². The summed E-state index contributed by atoms with van der Waals surface area (Å²) in [5.74, 6) is -2.03. The predicted molar refractivity (Wildman–Crippen MR) is 94.8 cm³/mol. The van der Waals surface area contributed by atoms with Crippen molar-refractivity contribution in [2.24, 2.45) is 0 Å². The van der Waals surface area contributed by atoms with Crippen LogP contribution in [0, 0.1) is 10.1 Å². The Labute approximate surface area is 161 Å². The van der Waals surface area contributed by atoms with Crippen LogP contribution in [0.25, 0.3) is 6.08 Å². The Hall–Kier alpha value is -3.89. The van der Waals surface area contributed by atoms with Crippen molar-refractivity contribution in [3.8, 4) is 5.75 Å². The van der Waals surface area contributed by atoms with Crippen molar-refractivity contribution in [1.29, 1.82) is 0 Å². The fourth-order valence-electron chi connectivity index (χ4n) is 2.03. The van der Waals surface area contributed by atoms with Gasteiger partial charge in [0.1, 0.15) is 5.75 Å². The summed E-state index contributed by atoms with van der Waals surface area (Å²) in [5.41, 5.74) is 0.418. The number of amides is 1. The van der Waals surface area contributed by atoms with Crippen molar-refractivity contribution in [2.45, 2.75) is 6.36 Å². The summed E-state index contributed by atoms with van der Waals surface area (Å²) in [7, 11) is 0. The summed E-state index contributed by atoms with van der Waals surface area (Å²) in [6.07, 6.45) is -2.54. The van der Waals surface area contributed by atoms with E-state index in [1.807, 2.05) is 0 Å². The maximum atomic E-state index is 12.1. The highest BCUT2D eigenvalue weighted by molar-refractivity contribution is 5.94. The highest BCUT2D eigenvalue weighted by atomic mass is 19.4. The summed E-state index contributed by atoms with van der Waals surface area (Å²) in [6.45, 7) is -0.640. The molecule has 0 unspecified atom stereocenters. The molecule has 0 atom stereocenters. The maximum Gasteiger partial charge on any atom is 0.573 e. The largest absolute Gasteiger partial charge is 0.573 e. The van der Waals surface area contributed by atoms with Crippen LogP contribution in [-0.4, -0.2) is 29.8 Å². The van der Waals surface area contributed by atoms with Gasteiger partial charge in [0.05, 0.1) is 4.92 Å². The molecule has 0 bridgehead atoms. The summed E-state index contributed by atoms with van der Waals surface area (Å²) < 4.78 is 44.7. The minimum absolute atomic E-state index is 0.147. The molecule has 29 heavy (non-hydrogen) atoms. The Morgan fingerprint density at radius 1 is 1.14 bits per heavy atom. The van der Waals surface area contributed by atoms with Gasteiger partial charge in [-0.3, -0.25) is 14.9 Å². The normalized spacial score (nSPS) is 11.1. The zero-order valence-corrected chi connectivity index (χ0v) is 14.5. The van der Waals surface area contributed by atoms with E-state index in [1.165, 1.54) is 42.5 Å². The Kier molecular flexibility index (Phi) is 6.90. The lowest BCUT2D eigenvalue weighted by atomic mass is 10.2. The number of alkyl halides is 3. The first kappa shape index (κ1) is 21.4. The Morgan fingerprint density at radius 2 is 1.83 bits per heavy atom. The third kappa shape index (κ3) is 7.71. The van der Waals surface area contributed by atoms with Crippen molar-refractivity contribution in [3.63, 3.8) is 0 Å². The summed E-state index contributed by atoms with van der Waals surface area (Å²) >= 11 is 0. The van der Waals surface area contributed by atoms with Crippen LogP contribution in [0.5, 0.6) is 5.75 Å². The Balaban J connectivity index is 1.82. The van der Waals surface area contributed by atoms with E-state index in [-0.39, 0.29) is 11.4 Å². The number of carbonyl (C=O) groups is 2. The van der Waals surface area contributed by atoms with Crippen molar-refractivity contribution in [3.05, 3.63) is 70.3 Å². The molecule has 1 amide bonds. The number of nitrogens with zero attached hydrogens (tertiary/aromatic N) is 1. The highest BCUT2D eigenvalue weighted by Gasteiger charge is 2.30. The molecule has 152 valence electrons. The minimum atomic E-state index is -4.82. The van der Waals surface area contributed by atoms with Crippen molar-refractivity contribution >= 4 is 29.3 Å². The van der Waals surface area contributed by atoms with Crippen LogP contribution in [0.4, 0.5) is 24.5 Å². The highest BCUT2D eigenvalue weighted by Crippen LogP contribution is 2.23. The fourth-order valence-corrected chi connectivity index (χ4v) is 2.03. The lowest BCUT2D eigenvalue weighted by Gasteiger charge is -2.10. The van der Waals surface area contributed by atoms with Gasteiger partial charge in [0.25, 0.3) is 11.6 Å². The molecule has 0 heterocycles. The number of nitrogens with one attached hydrogen (secondary N) is 1. The van der Waals surface area contributed by atoms with Gasteiger partial charge in [-0.1, -0.05) is 12.1 Å². The van der Waals surface area contributed by atoms with Crippen molar-refractivity contribution < 1.29 is 37.2 Å². The molecule has 0 radical (unpaired) electrons. The molecule has 2 rings (SSSR count). The maximum absolute atomic E-state index is 12.1. The number of rotatable bonds is 7. The molecule has 8 nitrogen and oxygen atoms in total.